The van der Waals surface area contributed by atoms with E-state index in [0.29, 0.717) is 17.3 Å². The van der Waals surface area contributed by atoms with Gasteiger partial charge in [-0.15, -0.1) is 0 Å². The smallest absolute Gasteiger partial charge is 0.343 e. The molecule has 0 bridgehead atoms. The molecule has 0 saturated heterocycles. The number of anilines is 3. The standard InChI is InChI=1S/C16H18N4O3/c1-4-23-16(22)14-9-17-10(2)18-15(14)20-13-7-5-12(6-8-13)19-11(3)21/h5-9H,4H2,1-3H3,(H,19,21)(H,17,18,20). The Bertz CT molecular complexity index is 714. The average Bonchev–Trinajstić information content (AvgIpc) is 2.49. The Morgan fingerprint density at radius 2 is 1.83 bits per heavy atom. The largest absolute Gasteiger partial charge is 0.462 e. The molecule has 1 heterocycles. The lowest BCUT2D eigenvalue weighted by Gasteiger charge is -2.11. The summed E-state index contributed by atoms with van der Waals surface area (Å²) in [5, 5.41) is 5.75. The third kappa shape index (κ3) is 4.50. The van der Waals surface area contributed by atoms with Crippen LogP contribution in [0.2, 0.25) is 0 Å². The molecular weight excluding hydrogens is 296 g/mol. The Morgan fingerprint density at radius 1 is 1.17 bits per heavy atom. The minimum absolute atomic E-state index is 0.137. The molecule has 1 aromatic carbocycles. The van der Waals surface area contributed by atoms with Crippen LogP contribution in [0.15, 0.2) is 30.5 Å². The van der Waals surface area contributed by atoms with Crippen LogP contribution in [-0.2, 0) is 9.53 Å². The van der Waals surface area contributed by atoms with Crippen LogP contribution in [0.3, 0.4) is 0 Å². The van der Waals surface area contributed by atoms with E-state index in [1.54, 1.807) is 38.1 Å². The van der Waals surface area contributed by atoms with Crippen LogP contribution in [0.4, 0.5) is 17.2 Å². The van der Waals surface area contributed by atoms with E-state index in [0.717, 1.165) is 5.69 Å². The van der Waals surface area contributed by atoms with Gasteiger partial charge in [-0.2, -0.15) is 0 Å². The van der Waals surface area contributed by atoms with Gasteiger partial charge in [0.2, 0.25) is 5.91 Å². The van der Waals surface area contributed by atoms with E-state index in [1.807, 2.05) is 0 Å². The predicted octanol–water partition coefficient (Wildman–Crippen LogP) is 2.66. The number of aryl methyl sites for hydroxylation is 1. The van der Waals surface area contributed by atoms with Gasteiger partial charge < -0.3 is 15.4 Å². The van der Waals surface area contributed by atoms with E-state index in [2.05, 4.69) is 20.6 Å². The quantitative estimate of drug-likeness (QED) is 0.824. The summed E-state index contributed by atoms with van der Waals surface area (Å²) in [6, 6.07) is 7.05. The van der Waals surface area contributed by atoms with E-state index in [4.69, 9.17) is 4.74 Å². The second-order valence-corrected chi connectivity index (χ2v) is 4.78. The number of hydrogen-bond donors (Lipinski definition) is 2. The van der Waals surface area contributed by atoms with Gasteiger partial charge in [0.1, 0.15) is 17.2 Å². The fourth-order valence-electron chi connectivity index (χ4n) is 1.90. The molecule has 0 radical (unpaired) electrons. The zero-order valence-corrected chi connectivity index (χ0v) is 13.2. The van der Waals surface area contributed by atoms with Crippen LogP contribution < -0.4 is 10.6 Å². The normalized spacial score (nSPS) is 10.0. The molecule has 2 aromatic rings. The van der Waals surface area contributed by atoms with Crippen molar-refractivity contribution in [2.45, 2.75) is 20.8 Å². The molecule has 2 N–H and O–H groups in total. The minimum Gasteiger partial charge on any atom is -0.462 e. The summed E-state index contributed by atoms with van der Waals surface area (Å²) in [6.07, 6.45) is 1.44. The fourth-order valence-corrected chi connectivity index (χ4v) is 1.90. The van der Waals surface area contributed by atoms with E-state index in [9.17, 15) is 9.59 Å². The van der Waals surface area contributed by atoms with Gasteiger partial charge in [-0.3, -0.25) is 4.79 Å². The van der Waals surface area contributed by atoms with Crippen molar-refractivity contribution < 1.29 is 14.3 Å². The monoisotopic (exact) mass is 314 g/mol. The molecule has 1 aromatic heterocycles. The Kier molecular flexibility index (Phi) is 5.24. The van der Waals surface area contributed by atoms with Gasteiger partial charge in [-0.1, -0.05) is 0 Å². The highest BCUT2D eigenvalue weighted by atomic mass is 16.5. The van der Waals surface area contributed by atoms with Crippen molar-refractivity contribution >= 4 is 29.1 Å². The van der Waals surface area contributed by atoms with Crippen LogP contribution in [0.25, 0.3) is 0 Å². The van der Waals surface area contributed by atoms with Gasteiger partial charge in [0, 0.05) is 24.5 Å². The molecule has 0 aliphatic rings. The average molecular weight is 314 g/mol. The van der Waals surface area contributed by atoms with Crippen LogP contribution in [-0.4, -0.2) is 28.5 Å². The molecule has 0 aliphatic heterocycles. The highest BCUT2D eigenvalue weighted by Gasteiger charge is 2.15. The van der Waals surface area contributed by atoms with Crippen LogP contribution in [0.5, 0.6) is 0 Å². The topological polar surface area (TPSA) is 93.2 Å². The number of amides is 1. The summed E-state index contributed by atoms with van der Waals surface area (Å²) in [6.45, 7) is 5.19. The van der Waals surface area contributed by atoms with E-state index in [1.165, 1.54) is 13.1 Å². The van der Waals surface area contributed by atoms with E-state index >= 15 is 0 Å². The number of esters is 1. The van der Waals surface area contributed by atoms with Crippen molar-refractivity contribution in [1.29, 1.82) is 0 Å². The predicted molar refractivity (Wildman–Crippen MR) is 86.8 cm³/mol. The Balaban J connectivity index is 2.23. The highest BCUT2D eigenvalue weighted by molar-refractivity contribution is 5.95. The first kappa shape index (κ1) is 16.4. The molecule has 0 aliphatic carbocycles. The van der Waals surface area contributed by atoms with Gasteiger partial charge in [-0.25, -0.2) is 14.8 Å². The molecule has 0 fully saturated rings. The fraction of sp³-hybridized carbons (Fsp3) is 0.250. The lowest BCUT2D eigenvalue weighted by molar-refractivity contribution is -0.114. The third-order valence-electron chi connectivity index (χ3n) is 2.87. The number of hydrogen-bond acceptors (Lipinski definition) is 6. The van der Waals surface area contributed by atoms with Gasteiger partial charge in [-0.05, 0) is 38.1 Å². The lowest BCUT2D eigenvalue weighted by Crippen LogP contribution is -2.11. The molecule has 0 saturated carbocycles. The summed E-state index contributed by atoms with van der Waals surface area (Å²) in [4.78, 5) is 31.2. The first-order valence-corrected chi connectivity index (χ1v) is 7.15. The Morgan fingerprint density at radius 3 is 2.43 bits per heavy atom. The highest BCUT2D eigenvalue weighted by Crippen LogP contribution is 2.21. The maximum atomic E-state index is 12.0. The number of carbonyl (C=O) groups is 2. The van der Waals surface area contributed by atoms with Crippen molar-refractivity contribution in [3.8, 4) is 0 Å². The molecule has 2 rings (SSSR count). The zero-order valence-electron chi connectivity index (χ0n) is 13.2. The summed E-state index contributed by atoms with van der Waals surface area (Å²) < 4.78 is 5.00. The number of ether oxygens (including phenoxy) is 1. The molecule has 0 atom stereocenters. The Hall–Kier alpha value is -2.96. The third-order valence-corrected chi connectivity index (χ3v) is 2.87. The van der Waals surface area contributed by atoms with Crippen LogP contribution in [0, 0.1) is 6.92 Å². The zero-order chi connectivity index (χ0) is 16.8. The SMILES string of the molecule is CCOC(=O)c1cnc(C)nc1Nc1ccc(NC(C)=O)cc1. The number of rotatable bonds is 5. The van der Waals surface area contributed by atoms with Crippen LogP contribution in [0.1, 0.15) is 30.0 Å². The minimum atomic E-state index is -0.482. The first-order valence-electron chi connectivity index (χ1n) is 7.15. The second kappa shape index (κ2) is 7.35. The number of carbonyl (C=O) groups excluding carboxylic acids is 2. The molecule has 1 amide bonds. The van der Waals surface area contributed by atoms with E-state index < -0.39 is 5.97 Å². The number of benzene rings is 1. The molecule has 7 nitrogen and oxygen atoms in total. The summed E-state index contributed by atoms with van der Waals surface area (Å²) in [5.74, 6) is 0.297. The van der Waals surface area contributed by atoms with Gasteiger partial charge in [0.15, 0.2) is 0 Å². The summed E-state index contributed by atoms with van der Waals surface area (Å²) in [5.41, 5.74) is 1.68. The molecule has 0 spiro atoms. The molecule has 7 heteroatoms. The maximum absolute atomic E-state index is 12.0. The first-order chi connectivity index (χ1) is 11.0. The second-order valence-electron chi connectivity index (χ2n) is 4.78. The van der Waals surface area contributed by atoms with Crippen molar-refractivity contribution in [3.05, 3.63) is 41.9 Å². The van der Waals surface area contributed by atoms with Crippen molar-refractivity contribution in [2.75, 3.05) is 17.2 Å². The summed E-state index contributed by atoms with van der Waals surface area (Å²) in [7, 11) is 0. The van der Waals surface area contributed by atoms with Crippen LogP contribution >= 0.6 is 0 Å². The number of aromatic nitrogens is 2. The van der Waals surface area contributed by atoms with Crippen molar-refractivity contribution in [1.82, 2.24) is 9.97 Å². The number of nitrogens with zero attached hydrogens (tertiary/aromatic N) is 2. The molecular formula is C16H18N4O3. The van der Waals surface area contributed by atoms with Crippen molar-refractivity contribution in [3.63, 3.8) is 0 Å². The lowest BCUT2D eigenvalue weighted by atomic mass is 10.2. The van der Waals surface area contributed by atoms with E-state index in [-0.39, 0.29) is 18.1 Å². The van der Waals surface area contributed by atoms with Gasteiger partial charge >= 0.3 is 5.97 Å². The Labute approximate surface area is 134 Å². The van der Waals surface area contributed by atoms with Crippen molar-refractivity contribution in [2.24, 2.45) is 0 Å². The molecule has 120 valence electrons. The van der Waals surface area contributed by atoms with Gasteiger partial charge in [0.25, 0.3) is 0 Å². The number of nitrogens with one attached hydrogen (secondary N) is 2. The molecule has 0 unspecified atom stereocenters. The van der Waals surface area contributed by atoms with Gasteiger partial charge in [0.05, 0.1) is 6.61 Å². The summed E-state index contributed by atoms with van der Waals surface area (Å²) >= 11 is 0. The molecule has 23 heavy (non-hydrogen) atoms. The maximum Gasteiger partial charge on any atom is 0.343 e.